The van der Waals surface area contributed by atoms with Crippen molar-refractivity contribution in [1.82, 2.24) is 4.57 Å². The average molecular weight is 196 g/mol. The molecule has 0 N–H and O–H groups in total. The highest BCUT2D eigenvalue weighted by Gasteiger charge is 2.09. The van der Waals surface area contributed by atoms with Crippen molar-refractivity contribution < 1.29 is 0 Å². The molecule has 0 unspecified atom stereocenters. The number of aryl methyl sites for hydroxylation is 1. The Labute approximate surface area is 89.4 Å². The van der Waals surface area contributed by atoms with E-state index in [2.05, 4.69) is 10.6 Å². The average Bonchev–Trinajstić information content (AvgIpc) is 2.55. The zero-order valence-electron chi connectivity index (χ0n) is 8.86. The lowest BCUT2D eigenvalue weighted by Gasteiger charge is -2.08. The molecule has 0 atom stereocenters. The summed E-state index contributed by atoms with van der Waals surface area (Å²) < 4.78 is 2.10. The van der Waals surface area contributed by atoms with E-state index >= 15 is 0 Å². The zero-order chi connectivity index (χ0) is 10.8. The molecule has 0 bridgehead atoms. The van der Waals surface area contributed by atoms with Crippen LogP contribution in [0.3, 0.4) is 0 Å². The second-order valence-electron chi connectivity index (χ2n) is 3.57. The molecule has 2 nitrogen and oxygen atoms in total. The number of nitrogens with zero attached hydrogens (tertiary/aromatic N) is 2. The van der Waals surface area contributed by atoms with Gasteiger partial charge in [-0.05, 0) is 32.0 Å². The van der Waals surface area contributed by atoms with Gasteiger partial charge in [-0.3, -0.25) is 0 Å². The zero-order valence-corrected chi connectivity index (χ0v) is 8.86. The van der Waals surface area contributed by atoms with Gasteiger partial charge in [-0.2, -0.15) is 5.26 Å². The summed E-state index contributed by atoms with van der Waals surface area (Å²) in [4.78, 5) is 0. The number of hydrogen-bond acceptors (Lipinski definition) is 1. The molecule has 0 aliphatic rings. The van der Waals surface area contributed by atoms with Crippen molar-refractivity contribution in [2.45, 2.75) is 13.8 Å². The van der Waals surface area contributed by atoms with E-state index in [1.807, 2.05) is 50.2 Å². The van der Waals surface area contributed by atoms with E-state index in [0.29, 0.717) is 0 Å². The molecule has 0 saturated carbocycles. The van der Waals surface area contributed by atoms with Crippen LogP contribution < -0.4 is 0 Å². The van der Waals surface area contributed by atoms with E-state index in [9.17, 15) is 0 Å². The molecule has 2 rings (SSSR count). The lowest BCUT2D eigenvalue weighted by atomic mass is 10.2. The minimum atomic E-state index is 0.747. The topological polar surface area (TPSA) is 28.7 Å². The van der Waals surface area contributed by atoms with Crippen LogP contribution in [0.5, 0.6) is 0 Å². The second kappa shape index (κ2) is 3.62. The standard InChI is InChI=1S/C13H12N2/c1-10-8-12(9-14)11(2)15(10)13-6-4-3-5-7-13/h3-8H,1-2H3. The maximum absolute atomic E-state index is 8.94. The molecular weight excluding hydrogens is 184 g/mol. The van der Waals surface area contributed by atoms with Crippen molar-refractivity contribution in [2.75, 3.05) is 0 Å². The van der Waals surface area contributed by atoms with Crippen molar-refractivity contribution in [3.8, 4) is 11.8 Å². The summed E-state index contributed by atoms with van der Waals surface area (Å²) in [5, 5.41) is 8.94. The van der Waals surface area contributed by atoms with Gasteiger partial charge >= 0.3 is 0 Å². The summed E-state index contributed by atoms with van der Waals surface area (Å²) in [6.45, 7) is 3.99. The van der Waals surface area contributed by atoms with Gasteiger partial charge in [0.05, 0.1) is 5.56 Å². The van der Waals surface area contributed by atoms with Crippen LogP contribution in [0.4, 0.5) is 0 Å². The molecule has 0 radical (unpaired) electrons. The minimum absolute atomic E-state index is 0.747. The minimum Gasteiger partial charge on any atom is -0.317 e. The Morgan fingerprint density at radius 1 is 1.13 bits per heavy atom. The smallest absolute Gasteiger partial charge is 0.101 e. The van der Waals surface area contributed by atoms with Gasteiger partial charge < -0.3 is 4.57 Å². The fourth-order valence-corrected chi connectivity index (χ4v) is 1.85. The van der Waals surface area contributed by atoms with Gasteiger partial charge in [0.1, 0.15) is 6.07 Å². The Balaban J connectivity index is 2.65. The Morgan fingerprint density at radius 2 is 1.80 bits per heavy atom. The van der Waals surface area contributed by atoms with Crippen molar-refractivity contribution in [3.05, 3.63) is 53.3 Å². The highest BCUT2D eigenvalue weighted by molar-refractivity contribution is 5.45. The Morgan fingerprint density at radius 3 is 2.33 bits per heavy atom. The first-order valence-electron chi connectivity index (χ1n) is 4.88. The fraction of sp³-hybridized carbons (Fsp3) is 0.154. The number of nitriles is 1. The van der Waals surface area contributed by atoms with E-state index in [0.717, 1.165) is 22.6 Å². The molecule has 0 fully saturated rings. The molecule has 0 aliphatic heterocycles. The number of benzene rings is 1. The Kier molecular flexibility index (Phi) is 2.31. The van der Waals surface area contributed by atoms with E-state index in [1.165, 1.54) is 0 Å². The fourth-order valence-electron chi connectivity index (χ4n) is 1.85. The van der Waals surface area contributed by atoms with Crippen molar-refractivity contribution in [2.24, 2.45) is 0 Å². The van der Waals surface area contributed by atoms with Gasteiger partial charge in [0.25, 0.3) is 0 Å². The molecule has 0 amide bonds. The van der Waals surface area contributed by atoms with Crippen molar-refractivity contribution in [3.63, 3.8) is 0 Å². The summed E-state index contributed by atoms with van der Waals surface area (Å²) in [6, 6.07) is 14.2. The molecule has 1 aromatic carbocycles. The molecule has 1 aromatic heterocycles. The molecular formula is C13H12N2. The van der Waals surface area contributed by atoms with Crippen LogP contribution >= 0.6 is 0 Å². The third-order valence-corrected chi connectivity index (χ3v) is 2.57. The largest absolute Gasteiger partial charge is 0.317 e. The summed E-state index contributed by atoms with van der Waals surface area (Å²) in [5.41, 5.74) is 3.95. The summed E-state index contributed by atoms with van der Waals surface area (Å²) >= 11 is 0. The molecule has 0 aliphatic carbocycles. The maximum atomic E-state index is 8.94. The molecule has 15 heavy (non-hydrogen) atoms. The Bertz CT molecular complexity index is 515. The highest BCUT2D eigenvalue weighted by Crippen LogP contribution is 2.19. The SMILES string of the molecule is Cc1cc(C#N)c(C)n1-c1ccccc1. The van der Waals surface area contributed by atoms with E-state index in [-0.39, 0.29) is 0 Å². The summed E-state index contributed by atoms with van der Waals surface area (Å²) in [7, 11) is 0. The lowest BCUT2D eigenvalue weighted by molar-refractivity contribution is 0.964. The summed E-state index contributed by atoms with van der Waals surface area (Å²) in [6.07, 6.45) is 0. The molecule has 0 saturated heterocycles. The van der Waals surface area contributed by atoms with Gasteiger partial charge in [0.2, 0.25) is 0 Å². The van der Waals surface area contributed by atoms with E-state index in [4.69, 9.17) is 5.26 Å². The molecule has 0 spiro atoms. The first-order valence-corrected chi connectivity index (χ1v) is 4.88. The van der Waals surface area contributed by atoms with E-state index < -0.39 is 0 Å². The van der Waals surface area contributed by atoms with Crippen LogP contribution in [0.1, 0.15) is 17.0 Å². The number of rotatable bonds is 1. The van der Waals surface area contributed by atoms with Crippen LogP contribution in [0, 0.1) is 25.2 Å². The van der Waals surface area contributed by atoms with Gasteiger partial charge in [-0.1, -0.05) is 18.2 Å². The molecule has 2 heteroatoms. The second-order valence-corrected chi connectivity index (χ2v) is 3.57. The third-order valence-electron chi connectivity index (χ3n) is 2.57. The molecule has 74 valence electrons. The van der Waals surface area contributed by atoms with Crippen LogP contribution in [-0.2, 0) is 0 Å². The Hall–Kier alpha value is -2.01. The van der Waals surface area contributed by atoms with E-state index in [1.54, 1.807) is 0 Å². The normalized spacial score (nSPS) is 9.93. The first kappa shape index (κ1) is 9.54. The summed E-state index contributed by atoms with van der Waals surface area (Å²) in [5.74, 6) is 0. The van der Waals surface area contributed by atoms with Crippen LogP contribution in [0.15, 0.2) is 36.4 Å². The predicted molar refractivity (Wildman–Crippen MR) is 60.0 cm³/mol. The van der Waals surface area contributed by atoms with Crippen molar-refractivity contribution >= 4 is 0 Å². The van der Waals surface area contributed by atoms with Crippen LogP contribution in [0.25, 0.3) is 5.69 Å². The monoisotopic (exact) mass is 196 g/mol. The highest BCUT2D eigenvalue weighted by atomic mass is 15.0. The van der Waals surface area contributed by atoms with Crippen LogP contribution in [-0.4, -0.2) is 4.57 Å². The predicted octanol–water partition coefficient (Wildman–Crippen LogP) is 2.97. The van der Waals surface area contributed by atoms with Gasteiger partial charge in [-0.15, -0.1) is 0 Å². The lowest BCUT2D eigenvalue weighted by Crippen LogP contribution is -1.98. The van der Waals surface area contributed by atoms with Crippen molar-refractivity contribution in [1.29, 1.82) is 5.26 Å². The molecule has 2 aromatic rings. The maximum Gasteiger partial charge on any atom is 0.101 e. The first-order chi connectivity index (χ1) is 7.24. The number of aromatic nitrogens is 1. The third kappa shape index (κ3) is 1.53. The van der Waals surface area contributed by atoms with Crippen LogP contribution in [0.2, 0.25) is 0 Å². The van der Waals surface area contributed by atoms with Gasteiger partial charge in [0, 0.05) is 17.1 Å². The molecule has 1 heterocycles. The van der Waals surface area contributed by atoms with Gasteiger partial charge in [-0.25, -0.2) is 0 Å². The van der Waals surface area contributed by atoms with Gasteiger partial charge in [0.15, 0.2) is 0 Å². The quantitative estimate of drug-likeness (QED) is 0.689. The number of hydrogen-bond donors (Lipinski definition) is 0. The number of para-hydroxylation sites is 1.